The molecule has 0 aliphatic rings. The smallest absolute Gasteiger partial charge is 0.407 e. The Morgan fingerprint density at radius 2 is 1.85 bits per heavy atom. The number of hydrogen-bond acceptors (Lipinski definition) is 5. The van der Waals surface area contributed by atoms with Crippen LogP contribution in [0, 0.1) is 11.3 Å². The monoisotopic (exact) mass is 378 g/mol. The van der Waals surface area contributed by atoms with E-state index in [-0.39, 0.29) is 18.7 Å². The van der Waals surface area contributed by atoms with E-state index in [0.29, 0.717) is 11.6 Å². The third kappa shape index (κ3) is 8.94. The maximum absolute atomic E-state index is 12.0. The van der Waals surface area contributed by atoms with Crippen molar-refractivity contribution in [3.05, 3.63) is 46.6 Å². The second-order valence-corrected chi connectivity index (χ2v) is 6.80. The number of carbonyl (C=O) groups is 2. The van der Waals surface area contributed by atoms with Crippen molar-refractivity contribution in [2.75, 3.05) is 13.1 Å². The molecule has 2 amide bonds. The Labute approximate surface area is 158 Å². The van der Waals surface area contributed by atoms with E-state index in [1.165, 1.54) is 6.20 Å². The summed E-state index contributed by atoms with van der Waals surface area (Å²) in [7, 11) is 0. The molecule has 3 N–H and O–H groups in total. The highest BCUT2D eigenvalue weighted by atomic mass is 35.5. The standard InChI is InChI=1S/C18H23ClN4O3/c1-18(2,3)26-17(25)22-9-8-21-12-14(10-20)16(24)23-11-13-4-6-15(19)7-5-13/h4-7,12,21H,8-9,11H2,1-3H3,(H,22,25)(H,23,24)/b14-12-. The van der Waals surface area contributed by atoms with Crippen LogP contribution in [-0.4, -0.2) is 30.7 Å². The molecule has 1 rings (SSSR count). The highest BCUT2D eigenvalue weighted by molar-refractivity contribution is 6.30. The Morgan fingerprint density at radius 3 is 2.42 bits per heavy atom. The first kappa shape index (κ1) is 21.3. The number of rotatable bonds is 7. The van der Waals surface area contributed by atoms with E-state index in [1.807, 2.05) is 6.07 Å². The van der Waals surface area contributed by atoms with Crippen molar-refractivity contribution in [3.63, 3.8) is 0 Å². The van der Waals surface area contributed by atoms with Crippen LogP contribution in [0.5, 0.6) is 0 Å². The van der Waals surface area contributed by atoms with Crippen LogP contribution >= 0.6 is 11.6 Å². The summed E-state index contributed by atoms with van der Waals surface area (Å²) in [5.74, 6) is -0.491. The van der Waals surface area contributed by atoms with Crippen LogP contribution in [0.25, 0.3) is 0 Å². The van der Waals surface area contributed by atoms with Crippen LogP contribution in [0.1, 0.15) is 26.3 Å². The van der Waals surface area contributed by atoms with Crippen molar-refractivity contribution in [1.29, 1.82) is 5.26 Å². The predicted octanol–water partition coefficient (Wildman–Crippen LogP) is 2.48. The molecule has 0 unspecified atom stereocenters. The van der Waals surface area contributed by atoms with Crippen LogP contribution in [0.15, 0.2) is 36.0 Å². The molecule has 0 aliphatic heterocycles. The fraction of sp³-hybridized carbons (Fsp3) is 0.389. The molecular weight excluding hydrogens is 356 g/mol. The summed E-state index contributed by atoms with van der Waals surface area (Å²) in [6.45, 7) is 6.24. The molecule has 1 aromatic rings. The first-order valence-corrected chi connectivity index (χ1v) is 8.42. The van der Waals surface area contributed by atoms with Crippen LogP contribution in [0.4, 0.5) is 4.79 Å². The van der Waals surface area contributed by atoms with Gasteiger partial charge in [-0.3, -0.25) is 4.79 Å². The summed E-state index contributed by atoms with van der Waals surface area (Å²) < 4.78 is 5.09. The second kappa shape index (κ2) is 10.3. The van der Waals surface area contributed by atoms with Gasteiger partial charge in [0.2, 0.25) is 0 Å². The first-order chi connectivity index (χ1) is 12.2. The van der Waals surface area contributed by atoms with Crippen molar-refractivity contribution in [2.24, 2.45) is 0 Å². The van der Waals surface area contributed by atoms with Crippen molar-refractivity contribution in [2.45, 2.75) is 32.9 Å². The lowest BCUT2D eigenvalue weighted by molar-refractivity contribution is -0.117. The minimum absolute atomic E-state index is 0.0590. The van der Waals surface area contributed by atoms with Gasteiger partial charge in [-0.05, 0) is 38.5 Å². The zero-order valence-corrected chi connectivity index (χ0v) is 15.8. The van der Waals surface area contributed by atoms with Crippen LogP contribution in [-0.2, 0) is 16.1 Å². The minimum atomic E-state index is -0.562. The molecule has 0 aromatic heterocycles. The molecule has 0 saturated carbocycles. The Balaban J connectivity index is 2.35. The average molecular weight is 379 g/mol. The van der Waals surface area contributed by atoms with Gasteiger partial charge < -0.3 is 20.7 Å². The highest BCUT2D eigenvalue weighted by Crippen LogP contribution is 2.09. The second-order valence-electron chi connectivity index (χ2n) is 6.36. The zero-order valence-electron chi connectivity index (χ0n) is 15.1. The maximum Gasteiger partial charge on any atom is 0.407 e. The molecule has 0 aliphatic carbocycles. The van der Waals surface area contributed by atoms with Crippen molar-refractivity contribution >= 4 is 23.6 Å². The Kier molecular flexibility index (Phi) is 8.46. The van der Waals surface area contributed by atoms with Gasteiger partial charge in [-0.15, -0.1) is 0 Å². The molecule has 26 heavy (non-hydrogen) atoms. The van der Waals surface area contributed by atoms with Crippen LogP contribution in [0.2, 0.25) is 5.02 Å². The molecular formula is C18H23ClN4O3. The van der Waals surface area contributed by atoms with Gasteiger partial charge in [0.05, 0.1) is 0 Å². The lowest BCUT2D eigenvalue weighted by Crippen LogP contribution is -2.35. The van der Waals surface area contributed by atoms with E-state index >= 15 is 0 Å². The number of halogens is 1. The lowest BCUT2D eigenvalue weighted by atomic mass is 10.2. The third-order valence-electron chi connectivity index (χ3n) is 2.92. The fourth-order valence-electron chi connectivity index (χ4n) is 1.75. The number of benzene rings is 1. The largest absolute Gasteiger partial charge is 0.444 e. The van der Waals surface area contributed by atoms with E-state index in [0.717, 1.165) is 5.56 Å². The van der Waals surface area contributed by atoms with Gasteiger partial charge in [-0.1, -0.05) is 23.7 Å². The number of ether oxygens (including phenoxy) is 1. The van der Waals surface area contributed by atoms with E-state index in [9.17, 15) is 9.59 Å². The van der Waals surface area contributed by atoms with E-state index in [1.54, 1.807) is 45.0 Å². The SMILES string of the molecule is CC(C)(C)OC(=O)NCCN/C=C(/C#N)C(=O)NCc1ccc(Cl)cc1. The van der Waals surface area contributed by atoms with Crippen molar-refractivity contribution < 1.29 is 14.3 Å². The molecule has 0 heterocycles. The maximum atomic E-state index is 12.0. The molecule has 1 aromatic carbocycles. The lowest BCUT2D eigenvalue weighted by Gasteiger charge is -2.19. The number of nitrogens with zero attached hydrogens (tertiary/aromatic N) is 1. The van der Waals surface area contributed by atoms with Gasteiger partial charge in [0.25, 0.3) is 5.91 Å². The van der Waals surface area contributed by atoms with Crippen LogP contribution in [0.3, 0.4) is 0 Å². The summed E-state index contributed by atoms with van der Waals surface area (Å²) >= 11 is 5.80. The molecule has 0 bridgehead atoms. The number of carbonyl (C=O) groups excluding carboxylic acids is 2. The summed E-state index contributed by atoms with van der Waals surface area (Å²) in [6.07, 6.45) is 0.790. The predicted molar refractivity (Wildman–Crippen MR) is 99.2 cm³/mol. The third-order valence-corrected chi connectivity index (χ3v) is 3.17. The normalized spacial score (nSPS) is 11.3. The molecule has 140 valence electrons. The molecule has 0 fully saturated rings. The zero-order chi connectivity index (χ0) is 19.6. The van der Waals surface area contributed by atoms with Crippen molar-refractivity contribution in [3.8, 4) is 6.07 Å². The summed E-state index contributed by atoms with van der Waals surface area (Å²) in [5, 5.41) is 17.7. The molecule has 7 nitrogen and oxygen atoms in total. The number of nitriles is 1. The number of nitrogens with one attached hydrogen (secondary N) is 3. The first-order valence-electron chi connectivity index (χ1n) is 8.04. The van der Waals surface area contributed by atoms with Gasteiger partial charge in [0.1, 0.15) is 17.2 Å². The number of hydrogen-bond donors (Lipinski definition) is 3. The number of amides is 2. The Morgan fingerprint density at radius 1 is 1.19 bits per heavy atom. The molecule has 0 saturated heterocycles. The molecule has 8 heteroatoms. The van der Waals surface area contributed by atoms with Crippen molar-refractivity contribution in [1.82, 2.24) is 16.0 Å². The Hall–Kier alpha value is -2.72. The molecule has 0 spiro atoms. The fourth-order valence-corrected chi connectivity index (χ4v) is 1.88. The summed E-state index contributed by atoms with van der Waals surface area (Å²) in [6, 6.07) is 8.86. The molecule has 0 atom stereocenters. The van der Waals surface area contributed by atoms with E-state index in [2.05, 4.69) is 16.0 Å². The van der Waals surface area contributed by atoms with Gasteiger partial charge >= 0.3 is 6.09 Å². The summed E-state index contributed by atoms with van der Waals surface area (Å²) in [4.78, 5) is 23.4. The topological polar surface area (TPSA) is 103 Å². The molecule has 0 radical (unpaired) electrons. The highest BCUT2D eigenvalue weighted by Gasteiger charge is 2.15. The van der Waals surface area contributed by atoms with E-state index in [4.69, 9.17) is 21.6 Å². The minimum Gasteiger partial charge on any atom is -0.444 e. The average Bonchev–Trinajstić information content (AvgIpc) is 2.55. The van der Waals surface area contributed by atoms with E-state index < -0.39 is 17.6 Å². The quantitative estimate of drug-likeness (QED) is 0.384. The van der Waals surface area contributed by atoms with Gasteiger partial charge in [-0.2, -0.15) is 5.26 Å². The van der Waals surface area contributed by atoms with Crippen LogP contribution < -0.4 is 16.0 Å². The summed E-state index contributed by atoms with van der Waals surface area (Å²) in [5.41, 5.74) is 0.249. The number of alkyl carbamates (subject to hydrolysis) is 1. The van der Waals surface area contributed by atoms with Gasteiger partial charge in [0, 0.05) is 30.9 Å². The van der Waals surface area contributed by atoms with Gasteiger partial charge in [0.15, 0.2) is 0 Å². The van der Waals surface area contributed by atoms with Gasteiger partial charge in [-0.25, -0.2) is 4.79 Å². The Bertz CT molecular complexity index is 688.